The highest BCUT2D eigenvalue weighted by molar-refractivity contribution is 6.05. The van der Waals surface area contributed by atoms with Crippen molar-refractivity contribution in [1.29, 1.82) is 0 Å². The maximum Gasteiger partial charge on any atom is 0.272 e. The number of amides is 2. The number of fused-ring (bicyclic) bond motifs is 1. The molecule has 9 heteroatoms. The number of hydrogen-bond donors (Lipinski definition) is 2. The average molecular weight is 303 g/mol. The maximum atomic E-state index is 12.3. The molecule has 1 aromatic heterocycles. The molecule has 1 saturated heterocycles. The van der Waals surface area contributed by atoms with E-state index >= 15 is 0 Å². The van der Waals surface area contributed by atoms with E-state index in [2.05, 4.69) is 15.5 Å². The minimum Gasteiger partial charge on any atom is -0.346 e. The van der Waals surface area contributed by atoms with Gasteiger partial charge in [0.15, 0.2) is 5.69 Å². The number of likely N-dealkylation sites (N-methyl/N-ethyl adjacent to an activating group) is 1. The van der Waals surface area contributed by atoms with Gasteiger partial charge in [0, 0.05) is 37.5 Å². The number of carbonyl (C=O) groups is 2. The number of aromatic nitrogens is 2. The molecule has 1 aliphatic heterocycles. The molecule has 22 heavy (non-hydrogen) atoms. The van der Waals surface area contributed by atoms with Gasteiger partial charge < -0.3 is 10.2 Å². The third-order valence-corrected chi connectivity index (χ3v) is 3.65. The van der Waals surface area contributed by atoms with Crippen LogP contribution in [0.15, 0.2) is 18.2 Å². The number of nitrogens with zero attached hydrogens (tertiary/aromatic N) is 3. The van der Waals surface area contributed by atoms with Crippen molar-refractivity contribution in [2.24, 2.45) is 0 Å². The summed E-state index contributed by atoms with van der Waals surface area (Å²) in [6, 6.07) is 3.87. The van der Waals surface area contributed by atoms with Crippen LogP contribution >= 0.6 is 0 Å². The van der Waals surface area contributed by atoms with Gasteiger partial charge in [0.1, 0.15) is 0 Å². The standard InChI is InChI=1S/C13H13N5O4/c1-17-6-7(4-11(17)19)14-13(20)12-9-5-8(18(21)22)2-3-10(9)15-16-12/h2-3,5,7H,4,6H2,1H3,(H,14,20)(H,15,16). The number of carbonyl (C=O) groups excluding carboxylic acids is 2. The molecule has 2 heterocycles. The second-order valence-electron chi connectivity index (χ2n) is 5.21. The third-order valence-electron chi connectivity index (χ3n) is 3.65. The van der Waals surface area contributed by atoms with Crippen molar-refractivity contribution in [3.05, 3.63) is 34.0 Å². The van der Waals surface area contributed by atoms with Crippen LogP contribution in [0.5, 0.6) is 0 Å². The second-order valence-corrected chi connectivity index (χ2v) is 5.21. The molecule has 0 bridgehead atoms. The van der Waals surface area contributed by atoms with Crippen LogP contribution in [-0.2, 0) is 4.79 Å². The van der Waals surface area contributed by atoms with E-state index in [9.17, 15) is 19.7 Å². The topological polar surface area (TPSA) is 121 Å². The van der Waals surface area contributed by atoms with Crippen molar-refractivity contribution in [3.8, 4) is 0 Å². The van der Waals surface area contributed by atoms with Crippen LogP contribution in [0.3, 0.4) is 0 Å². The minimum absolute atomic E-state index is 0.0344. The van der Waals surface area contributed by atoms with Gasteiger partial charge in [0.25, 0.3) is 11.6 Å². The molecule has 0 radical (unpaired) electrons. The lowest BCUT2D eigenvalue weighted by atomic mass is 10.1. The molecule has 0 saturated carbocycles. The van der Waals surface area contributed by atoms with E-state index in [4.69, 9.17) is 0 Å². The number of aromatic amines is 1. The van der Waals surface area contributed by atoms with Gasteiger partial charge in [-0.15, -0.1) is 0 Å². The SMILES string of the molecule is CN1CC(NC(=O)c2n[nH]c3ccc([N+](=O)[O-])cc23)CC1=O. The summed E-state index contributed by atoms with van der Waals surface area (Å²) in [4.78, 5) is 35.6. The van der Waals surface area contributed by atoms with Crippen molar-refractivity contribution >= 4 is 28.4 Å². The number of nitro groups is 1. The van der Waals surface area contributed by atoms with Gasteiger partial charge in [-0.1, -0.05) is 0 Å². The Hall–Kier alpha value is -2.97. The van der Waals surface area contributed by atoms with E-state index in [0.717, 1.165) is 0 Å². The van der Waals surface area contributed by atoms with Crippen molar-refractivity contribution in [2.75, 3.05) is 13.6 Å². The van der Waals surface area contributed by atoms with Crippen LogP contribution in [-0.4, -0.2) is 51.5 Å². The normalized spacial score (nSPS) is 18.0. The first-order chi connectivity index (χ1) is 10.5. The quantitative estimate of drug-likeness (QED) is 0.629. The molecule has 2 amide bonds. The molecule has 1 aliphatic rings. The van der Waals surface area contributed by atoms with Crippen molar-refractivity contribution in [1.82, 2.24) is 20.4 Å². The van der Waals surface area contributed by atoms with E-state index in [1.165, 1.54) is 18.2 Å². The van der Waals surface area contributed by atoms with E-state index in [1.54, 1.807) is 11.9 Å². The zero-order valence-corrected chi connectivity index (χ0v) is 11.7. The van der Waals surface area contributed by atoms with Crippen molar-refractivity contribution in [2.45, 2.75) is 12.5 Å². The highest BCUT2D eigenvalue weighted by Crippen LogP contribution is 2.22. The number of nitrogens with one attached hydrogen (secondary N) is 2. The summed E-state index contributed by atoms with van der Waals surface area (Å²) in [5.41, 5.74) is 0.509. The van der Waals surface area contributed by atoms with Gasteiger partial charge in [-0.05, 0) is 6.07 Å². The largest absolute Gasteiger partial charge is 0.346 e. The Kier molecular flexibility index (Phi) is 3.24. The number of nitro benzene ring substituents is 1. The summed E-state index contributed by atoms with van der Waals surface area (Å²) in [6.45, 7) is 0.438. The molecule has 1 unspecified atom stereocenters. The van der Waals surface area contributed by atoms with E-state index in [-0.39, 0.29) is 29.8 Å². The van der Waals surface area contributed by atoms with Crippen molar-refractivity contribution in [3.63, 3.8) is 0 Å². The number of benzene rings is 1. The van der Waals surface area contributed by atoms with Crippen molar-refractivity contribution < 1.29 is 14.5 Å². The number of hydrogen-bond acceptors (Lipinski definition) is 5. The highest BCUT2D eigenvalue weighted by atomic mass is 16.6. The fourth-order valence-corrected chi connectivity index (χ4v) is 2.50. The lowest BCUT2D eigenvalue weighted by molar-refractivity contribution is -0.384. The molecule has 114 valence electrons. The number of rotatable bonds is 3. The molecule has 2 N–H and O–H groups in total. The summed E-state index contributed by atoms with van der Waals surface area (Å²) in [5, 5.41) is 20.5. The fraction of sp³-hybridized carbons (Fsp3) is 0.308. The number of non-ortho nitro benzene ring substituents is 1. The predicted molar refractivity (Wildman–Crippen MR) is 76.3 cm³/mol. The molecule has 1 aromatic carbocycles. The summed E-state index contributed by atoms with van der Waals surface area (Å²) in [5.74, 6) is -0.493. The molecular weight excluding hydrogens is 290 g/mol. The molecule has 3 rings (SSSR count). The Bertz CT molecular complexity index is 784. The van der Waals surface area contributed by atoms with Crippen LogP contribution in [0.25, 0.3) is 10.9 Å². The average Bonchev–Trinajstić information content (AvgIpc) is 3.02. The smallest absolute Gasteiger partial charge is 0.272 e. The first kappa shape index (κ1) is 14.0. The first-order valence-electron chi connectivity index (χ1n) is 6.63. The van der Waals surface area contributed by atoms with Crippen LogP contribution in [0.1, 0.15) is 16.9 Å². The molecule has 2 aromatic rings. The Morgan fingerprint density at radius 2 is 2.32 bits per heavy atom. The lowest BCUT2D eigenvalue weighted by Crippen LogP contribution is -2.36. The molecule has 1 fully saturated rings. The fourth-order valence-electron chi connectivity index (χ4n) is 2.50. The summed E-state index contributed by atoms with van der Waals surface area (Å²) in [7, 11) is 1.67. The van der Waals surface area contributed by atoms with Gasteiger partial charge >= 0.3 is 0 Å². The molecule has 1 atom stereocenters. The lowest BCUT2D eigenvalue weighted by Gasteiger charge is -2.11. The Balaban J connectivity index is 1.86. The molecule has 9 nitrogen and oxygen atoms in total. The summed E-state index contributed by atoms with van der Waals surface area (Å²) in [6.07, 6.45) is 0.241. The Labute approximate surface area is 124 Å². The predicted octanol–water partition coefficient (Wildman–Crippen LogP) is 0.432. The zero-order valence-electron chi connectivity index (χ0n) is 11.7. The zero-order chi connectivity index (χ0) is 15.9. The molecule has 0 aliphatic carbocycles. The highest BCUT2D eigenvalue weighted by Gasteiger charge is 2.29. The van der Waals surface area contributed by atoms with Crippen LogP contribution < -0.4 is 5.32 Å². The maximum absolute atomic E-state index is 12.3. The minimum atomic E-state index is -0.529. The first-order valence-corrected chi connectivity index (χ1v) is 6.63. The van der Waals surface area contributed by atoms with Crippen LogP contribution in [0, 0.1) is 10.1 Å². The van der Waals surface area contributed by atoms with E-state index < -0.39 is 10.8 Å². The van der Waals surface area contributed by atoms with Crippen LogP contribution in [0.4, 0.5) is 5.69 Å². The van der Waals surface area contributed by atoms with E-state index in [0.29, 0.717) is 17.4 Å². The number of likely N-dealkylation sites (tertiary alicyclic amines) is 1. The number of H-pyrrole nitrogens is 1. The van der Waals surface area contributed by atoms with Gasteiger partial charge in [-0.25, -0.2) is 0 Å². The van der Waals surface area contributed by atoms with Gasteiger partial charge in [0.05, 0.1) is 16.5 Å². The van der Waals surface area contributed by atoms with Gasteiger partial charge in [-0.2, -0.15) is 5.10 Å². The van der Waals surface area contributed by atoms with Gasteiger partial charge in [0.2, 0.25) is 5.91 Å². The second kappa shape index (κ2) is 5.10. The molecule has 0 spiro atoms. The summed E-state index contributed by atoms with van der Waals surface area (Å²) >= 11 is 0. The monoisotopic (exact) mass is 303 g/mol. The molecular formula is C13H13N5O4. The summed E-state index contributed by atoms with van der Waals surface area (Å²) < 4.78 is 0. The Morgan fingerprint density at radius 1 is 1.55 bits per heavy atom. The van der Waals surface area contributed by atoms with E-state index in [1.807, 2.05) is 0 Å². The Morgan fingerprint density at radius 3 is 2.95 bits per heavy atom. The van der Waals surface area contributed by atoms with Crippen LogP contribution in [0.2, 0.25) is 0 Å². The third kappa shape index (κ3) is 2.36. The van der Waals surface area contributed by atoms with Gasteiger partial charge in [-0.3, -0.25) is 24.8 Å².